The molecule has 0 radical (unpaired) electrons. The van der Waals surface area contributed by atoms with Crippen molar-refractivity contribution in [1.29, 1.82) is 0 Å². The van der Waals surface area contributed by atoms with Crippen LogP contribution in [0.1, 0.15) is 6.92 Å². The molecule has 122 valence electrons. The van der Waals surface area contributed by atoms with Gasteiger partial charge in [-0.2, -0.15) is 0 Å². The summed E-state index contributed by atoms with van der Waals surface area (Å²) in [6, 6.07) is 6.03. The Kier molecular flexibility index (Phi) is 5.60. The number of nitrogens with one attached hydrogen (secondary N) is 1. The molecule has 0 amide bonds. The molecule has 1 saturated heterocycles. The van der Waals surface area contributed by atoms with Gasteiger partial charge in [0.05, 0.1) is 19.8 Å². The Morgan fingerprint density at radius 2 is 2.09 bits per heavy atom. The van der Waals surface area contributed by atoms with Crippen molar-refractivity contribution < 1.29 is 13.9 Å². The van der Waals surface area contributed by atoms with Crippen LogP contribution >= 0.6 is 0 Å². The zero-order valence-electron chi connectivity index (χ0n) is 13.4. The highest BCUT2D eigenvalue weighted by atomic mass is 19.1. The van der Waals surface area contributed by atoms with Crippen molar-refractivity contribution in [2.24, 2.45) is 10.4 Å². The van der Waals surface area contributed by atoms with E-state index in [1.807, 2.05) is 11.9 Å². The fraction of sp³-hybridized carbons (Fsp3) is 0.562. The van der Waals surface area contributed by atoms with Crippen molar-refractivity contribution in [3.05, 3.63) is 30.1 Å². The zero-order valence-corrected chi connectivity index (χ0v) is 13.4. The van der Waals surface area contributed by atoms with Crippen molar-refractivity contribution in [2.75, 3.05) is 47.0 Å². The van der Waals surface area contributed by atoms with E-state index in [1.54, 1.807) is 19.2 Å². The van der Waals surface area contributed by atoms with Gasteiger partial charge in [0.1, 0.15) is 18.2 Å². The number of aliphatic imine (C=N–C) groups is 1. The second-order valence-corrected chi connectivity index (χ2v) is 5.93. The molecule has 0 saturated carbocycles. The van der Waals surface area contributed by atoms with Crippen LogP contribution in [-0.2, 0) is 4.74 Å². The first-order valence-electron chi connectivity index (χ1n) is 7.40. The third-order valence-electron chi connectivity index (χ3n) is 3.66. The summed E-state index contributed by atoms with van der Waals surface area (Å²) in [5.74, 6) is 1.23. The maximum Gasteiger partial charge on any atom is 0.193 e. The second kappa shape index (κ2) is 7.45. The lowest BCUT2D eigenvalue weighted by Gasteiger charge is -2.39. The number of ether oxygens (including phenoxy) is 2. The van der Waals surface area contributed by atoms with Crippen LogP contribution < -0.4 is 10.1 Å². The number of likely N-dealkylation sites (N-methyl/N-ethyl adjacent to an activating group) is 1. The van der Waals surface area contributed by atoms with Gasteiger partial charge in [0.2, 0.25) is 0 Å². The van der Waals surface area contributed by atoms with Crippen molar-refractivity contribution in [3.8, 4) is 5.75 Å². The summed E-state index contributed by atoms with van der Waals surface area (Å²) >= 11 is 0. The molecule has 0 spiro atoms. The number of rotatable bonds is 6. The first-order chi connectivity index (χ1) is 10.5. The normalized spacial score (nSPS) is 16.8. The van der Waals surface area contributed by atoms with Crippen LogP contribution in [-0.4, -0.2) is 57.9 Å². The molecule has 1 N–H and O–H groups in total. The Balaban J connectivity index is 1.72. The van der Waals surface area contributed by atoms with E-state index in [4.69, 9.17) is 9.47 Å². The van der Waals surface area contributed by atoms with Crippen molar-refractivity contribution in [3.63, 3.8) is 0 Å². The zero-order chi connectivity index (χ0) is 16.0. The Morgan fingerprint density at radius 3 is 2.64 bits per heavy atom. The van der Waals surface area contributed by atoms with E-state index in [2.05, 4.69) is 17.2 Å². The van der Waals surface area contributed by atoms with E-state index in [1.165, 1.54) is 12.1 Å². The fourth-order valence-electron chi connectivity index (χ4n) is 2.17. The lowest BCUT2D eigenvalue weighted by molar-refractivity contribution is -0.0972. The molecule has 5 nitrogen and oxygen atoms in total. The molecule has 1 aliphatic heterocycles. The van der Waals surface area contributed by atoms with Gasteiger partial charge < -0.3 is 19.7 Å². The maximum absolute atomic E-state index is 12.8. The highest BCUT2D eigenvalue weighted by Crippen LogP contribution is 2.25. The molecular formula is C16H24FN3O2. The van der Waals surface area contributed by atoms with E-state index in [-0.39, 0.29) is 11.2 Å². The molecule has 6 heteroatoms. The first kappa shape index (κ1) is 16.5. The third-order valence-corrected chi connectivity index (χ3v) is 3.66. The number of hydrogen-bond donors (Lipinski definition) is 1. The molecule has 1 aliphatic rings. The molecule has 0 aromatic heterocycles. The Morgan fingerprint density at radius 1 is 1.41 bits per heavy atom. The van der Waals surface area contributed by atoms with Gasteiger partial charge in [-0.3, -0.25) is 4.99 Å². The number of halogens is 1. The maximum atomic E-state index is 12.8. The minimum atomic E-state index is -0.262. The summed E-state index contributed by atoms with van der Waals surface area (Å²) in [5.41, 5.74) is 0.196. The molecule has 1 heterocycles. The minimum absolute atomic E-state index is 0.196. The van der Waals surface area contributed by atoms with Crippen LogP contribution in [0.2, 0.25) is 0 Å². The molecule has 1 aromatic carbocycles. The fourth-order valence-corrected chi connectivity index (χ4v) is 2.17. The highest BCUT2D eigenvalue weighted by Gasteiger charge is 2.33. The SMILES string of the molecule is CN=C(NCC1(C)COC1)N(C)CCOc1ccc(F)cc1. The average molecular weight is 309 g/mol. The van der Waals surface area contributed by atoms with Gasteiger partial charge in [-0.25, -0.2) is 4.39 Å². The summed E-state index contributed by atoms with van der Waals surface area (Å²) in [6.45, 7) is 5.79. The number of benzene rings is 1. The molecular weight excluding hydrogens is 285 g/mol. The number of nitrogens with zero attached hydrogens (tertiary/aromatic N) is 2. The molecule has 0 bridgehead atoms. The Hall–Kier alpha value is -1.82. The summed E-state index contributed by atoms with van der Waals surface area (Å²) in [5, 5.41) is 3.36. The quantitative estimate of drug-likeness (QED) is 0.642. The van der Waals surface area contributed by atoms with Crippen molar-refractivity contribution >= 4 is 5.96 Å². The Labute approximate surface area is 131 Å². The first-order valence-corrected chi connectivity index (χ1v) is 7.40. The molecule has 1 fully saturated rings. The van der Waals surface area contributed by atoms with E-state index < -0.39 is 0 Å². The van der Waals surface area contributed by atoms with E-state index in [0.717, 1.165) is 25.7 Å². The summed E-state index contributed by atoms with van der Waals surface area (Å²) in [6.07, 6.45) is 0. The molecule has 22 heavy (non-hydrogen) atoms. The van der Waals surface area contributed by atoms with Gasteiger partial charge in [0.15, 0.2) is 5.96 Å². The Bertz CT molecular complexity index is 501. The van der Waals surface area contributed by atoms with Crippen molar-refractivity contribution in [2.45, 2.75) is 6.92 Å². The summed E-state index contributed by atoms with van der Waals surface area (Å²) in [7, 11) is 3.72. The van der Waals surface area contributed by atoms with Gasteiger partial charge in [-0.05, 0) is 24.3 Å². The van der Waals surface area contributed by atoms with Gasteiger partial charge in [0, 0.05) is 26.1 Å². The van der Waals surface area contributed by atoms with Crippen LogP contribution in [0.4, 0.5) is 4.39 Å². The highest BCUT2D eigenvalue weighted by molar-refractivity contribution is 5.79. The van der Waals surface area contributed by atoms with E-state index in [9.17, 15) is 4.39 Å². The molecule has 0 atom stereocenters. The van der Waals surface area contributed by atoms with Crippen LogP contribution in [0.15, 0.2) is 29.3 Å². The average Bonchev–Trinajstić information content (AvgIpc) is 2.48. The predicted molar refractivity (Wildman–Crippen MR) is 84.8 cm³/mol. The minimum Gasteiger partial charge on any atom is -0.492 e. The van der Waals surface area contributed by atoms with Crippen LogP contribution in [0, 0.1) is 11.2 Å². The van der Waals surface area contributed by atoms with Crippen LogP contribution in [0.5, 0.6) is 5.75 Å². The van der Waals surface area contributed by atoms with Crippen molar-refractivity contribution in [1.82, 2.24) is 10.2 Å². The smallest absolute Gasteiger partial charge is 0.193 e. The van der Waals surface area contributed by atoms with Crippen LogP contribution in [0.3, 0.4) is 0 Å². The molecule has 1 aromatic rings. The third kappa shape index (κ3) is 4.59. The van der Waals surface area contributed by atoms with Crippen LogP contribution in [0.25, 0.3) is 0 Å². The monoisotopic (exact) mass is 309 g/mol. The van der Waals surface area contributed by atoms with Gasteiger partial charge in [-0.15, -0.1) is 0 Å². The summed E-state index contributed by atoms with van der Waals surface area (Å²) < 4.78 is 23.6. The lowest BCUT2D eigenvalue weighted by Crippen LogP contribution is -2.51. The van der Waals surface area contributed by atoms with Gasteiger partial charge >= 0.3 is 0 Å². The largest absolute Gasteiger partial charge is 0.492 e. The number of hydrogen-bond acceptors (Lipinski definition) is 3. The lowest BCUT2D eigenvalue weighted by atomic mass is 9.89. The number of guanidine groups is 1. The second-order valence-electron chi connectivity index (χ2n) is 5.93. The van der Waals surface area contributed by atoms with E-state index in [0.29, 0.717) is 18.9 Å². The standard InChI is InChI=1S/C16H24FN3O2/c1-16(11-21-12-16)10-19-15(18-2)20(3)8-9-22-14-6-4-13(17)5-7-14/h4-7H,8-12H2,1-3H3,(H,18,19). The molecule has 2 rings (SSSR count). The van der Waals surface area contributed by atoms with E-state index >= 15 is 0 Å². The van der Waals surface area contributed by atoms with Gasteiger partial charge in [-0.1, -0.05) is 6.92 Å². The predicted octanol–water partition coefficient (Wildman–Crippen LogP) is 1.75. The molecule has 0 aliphatic carbocycles. The summed E-state index contributed by atoms with van der Waals surface area (Å²) in [4.78, 5) is 6.28. The topological polar surface area (TPSA) is 46.1 Å². The van der Waals surface area contributed by atoms with Gasteiger partial charge in [0.25, 0.3) is 0 Å². The molecule has 0 unspecified atom stereocenters.